The van der Waals surface area contributed by atoms with Crippen molar-refractivity contribution in [1.82, 2.24) is 0 Å². The molecule has 5 nitrogen and oxygen atoms in total. The molecule has 1 heterocycles. The van der Waals surface area contributed by atoms with Gasteiger partial charge in [-0.25, -0.2) is 0 Å². The van der Waals surface area contributed by atoms with Gasteiger partial charge in [-0.05, 0) is 43.3 Å². The van der Waals surface area contributed by atoms with Crippen LogP contribution in [0.2, 0.25) is 5.02 Å². The van der Waals surface area contributed by atoms with Crippen LogP contribution in [0, 0.1) is 0 Å². The van der Waals surface area contributed by atoms with E-state index in [0.717, 1.165) is 0 Å². The Hall–Kier alpha value is -2.79. The number of para-hydroxylation sites is 1. The van der Waals surface area contributed by atoms with E-state index in [2.05, 4.69) is 0 Å². The molecule has 0 radical (unpaired) electrons. The summed E-state index contributed by atoms with van der Waals surface area (Å²) in [5.41, 5.74) is 0.471. The Bertz CT molecular complexity index is 959. The molecule has 6 heteroatoms. The first-order chi connectivity index (χ1) is 11.5. The summed E-state index contributed by atoms with van der Waals surface area (Å²) in [7, 11) is 0. The first-order valence-electron chi connectivity index (χ1n) is 7.16. The van der Waals surface area contributed by atoms with Gasteiger partial charge in [0.05, 0.1) is 11.4 Å². The highest BCUT2D eigenvalue weighted by atomic mass is 35.5. The smallest absolute Gasteiger partial charge is 0.235 e. The predicted octanol–water partition coefficient (Wildman–Crippen LogP) is 2.63. The maximum Gasteiger partial charge on any atom is 0.235 e. The van der Waals surface area contributed by atoms with Gasteiger partial charge in [-0.1, -0.05) is 23.7 Å². The number of benzene rings is 2. The van der Waals surface area contributed by atoms with E-state index in [0.29, 0.717) is 21.6 Å². The zero-order chi connectivity index (χ0) is 17.3. The monoisotopic (exact) mass is 343 g/mol. The van der Waals surface area contributed by atoms with E-state index in [1.807, 2.05) is 0 Å². The van der Waals surface area contributed by atoms with Gasteiger partial charge in [0.25, 0.3) is 0 Å². The van der Waals surface area contributed by atoms with Crippen molar-refractivity contribution >= 4 is 28.5 Å². The molecular weight excluding hydrogens is 332 g/mol. The van der Waals surface area contributed by atoms with Crippen molar-refractivity contribution < 1.29 is 19.1 Å². The Morgan fingerprint density at radius 1 is 1.17 bits per heavy atom. The summed E-state index contributed by atoms with van der Waals surface area (Å²) in [6, 6.07) is 13.3. The minimum absolute atomic E-state index is 0.142. The van der Waals surface area contributed by atoms with E-state index in [9.17, 15) is 14.7 Å². The molecular formula is C18H12ClO5-. The molecule has 2 aromatic carbocycles. The highest BCUT2D eigenvalue weighted by molar-refractivity contribution is 6.30. The van der Waals surface area contributed by atoms with Gasteiger partial charge in [0, 0.05) is 10.6 Å². The predicted molar refractivity (Wildman–Crippen MR) is 88.0 cm³/mol. The van der Waals surface area contributed by atoms with Crippen LogP contribution in [-0.2, 0) is 4.79 Å². The molecule has 1 aromatic heterocycles. The number of carboxylic acids is 1. The molecule has 0 aliphatic heterocycles. The lowest BCUT2D eigenvalue weighted by Gasteiger charge is -2.17. The minimum Gasteiger partial charge on any atom is -0.546 e. The molecule has 24 heavy (non-hydrogen) atoms. The first-order valence-corrected chi connectivity index (χ1v) is 7.54. The molecule has 1 unspecified atom stereocenters. The quantitative estimate of drug-likeness (QED) is 0.727. The average molecular weight is 344 g/mol. The van der Waals surface area contributed by atoms with Gasteiger partial charge in [-0.3, -0.25) is 4.79 Å². The number of carboxylic acid groups (broad SMARTS) is 1. The molecule has 0 spiro atoms. The molecule has 0 fully saturated rings. The van der Waals surface area contributed by atoms with E-state index in [1.165, 1.54) is 6.92 Å². The first kappa shape index (κ1) is 16.1. The fourth-order valence-electron chi connectivity index (χ4n) is 2.25. The van der Waals surface area contributed by atoms with Crippen molar-refractivity contribution in [3.63, 3.8) is 0 Å². The highest BCUT2D eigenvalue weighted by Crippen LogP contribution is 2.32. The van der Waals surface area contributed by atoms with Crippen molar-refractivity contribution in [1.29, 1.82) is 0 Å². The van der Waals surface area contributed by atoms with Gasteiger partial charge >= 0.3 is 0 Å². The molecule has 0 bridgehead atoms. The van der Waals surface area contributed by atoms with Crippen molar-refractivity contribution in [3.8, 4) is 17.1 Å². The fourth-order valence-corrected chi connectivity index (χ4v) is 2.37. The van der Waals surface area contributed by atoms with Crippen LogP contribution in [0.4, 0.5) is 0 Å². The number of rotatable bonds is 4. The topological polar surface area (TPSA) is 79.6 Å². The Kier molecular flexibility index (Phi) is 4.27. The molecule has 0 aliphatic carbocycles. The van der Waals surface area contributed by atoms with Gasteiger partial charge in [0.1, 0.15) is 11.7 Å². The summed E-state index contributed by atoms with van der Waals surface area (Å²) in [4.78, 5) is 23.7. The second-order valence-corrected chi connectivity index (χ2v) is 5.61. The van der Waals surface area contributed by atoms with E-state index in [-0.39, 0.29) is 11.5 Å². The number of ether oxygens (including phenoxy) is 1. The number of fused-ring (bicyclic) bond motifs is 1. The highest BCUT2D eigenvalue weighted by Gasteiger charge is 2.20. The summed E-state index contributed by atoms with van der Waals surface area (Å²) in [6.07, 6.45) is -1.31. The Morgan fingerprint density at radius 2 is 1.83 bits per heavy atom. The molecule has 0 N–H and O–H groups in total. The maximum atomic E-state index is 12.7. The van der Waals surface area contributed by atoms with Gasteiger partial charge < -0.3 is 19.1 Å². The second-order valence-electron chi connectivity index (χ2n) is 5.17. The lowest BCUT2D eigenvalue weighted by Crippen LogP contribution is -2.38. The van der Waals surface area contributed by atoms with E-state index < -0.39 is 17.5 Å². The Balaban J connectivity index is 2.26. The van der Waals surface area contributed by atoms with Crippen LogP contribution in [0.3, 0.4) is 0 Å². The summed E-state index contributed by atoms with van der Waals surface area (Å²) in [5.74, 6) is -1.46. The normalized spacial score (nSPS) is 12.1. The van der Waals surface area contributed by atoms with Crippen LogP contribution in [0.15, 0.2) is 57.7 Å². The average Bonchev–Trinajstić information content (AvgIpc) is 2.58. The summed E-state index contributed by atoms with van der Waals surface area (Å²) in [6.45, 7) is 1.29. The van der Waals surface area contributed by atoms with Crippen molar-refractivity contribution in [2.75, 3.05) is 0 Å². The molecule has 3 rings (SSSR count). The van der Waals surface area contributed by atoms with Gasteiger partial charge in [0.15, 0.2) is 5.76 Å². The van der Waals surface area contributed by atoms with E-state index in [4.69, 9.17) is 20.8 Å². The summed E-state index contributed by atoms with van der Waals surface area (Å²) < 4.78 is 11.1. The lowest BCUT2D eigenvalue weighted by atomic mass is 10.1. The van der Waals surface area contributed by atoms with Gasteiger partial charge in [-0.15, -0.1) is 0 Å². The van der Waals surface area contributed by atoms with Crippen LogP contribution >= 0.6 is 11.6 Å². The van der Waals surface area contributed by atoms with Crippen LogP contribution in [0.1, 0.15) is 6.92 Å². The SMILES string of the molecule is CC(Oc1c(-c2ccc(Cl)cc2)oc2ccccc2c1=O)C(=O)[O-]. The minimum atomic E-state index is -1.43. The van der Waals surface area contributed by atoms with E-state index in [1.54, 1.807) is 48.5 Å². The number of carbonyl (C=O) groups excluding carboxylic acids is 1. The third kappa shape index (κ3) is 2.98. The molecule has 3 aromatic rings. The number of hydrogen-bond donors (Lipinski definition) is 0. The van der Waals surface area contributed by atoms with Crippen molar-refractivity contribution in [2.45, 2.75) is 13.0 Å². The van der Waals surface area contributed by atoms with Crippen LogP contribution in [-0.4, -0.2) is 12.1 Å². The molecule has 0 saturated carbocycles. The van der Waals surface area contributed by atoms with Crippen LogP contribution in [0.5, 0.6) is 5.75 Å². The fraction of sp³-hybridized carbons (Fsp3) is 0.111. The maximum absolute atomic E-state index is 12.7. The van der Waals surface area contributed by atoms with Crippen molar-refractivity contribution in [2.24, 2.45) is 0 Å². The molecule has 122 valence electrons. The molecule has 0 saturated heterocycles. The number of carbonyl (C=O) groups is 1. The second kappa shape index (κ2) is 6.37. The van der Waals surface area contributed by atoms with Crippen LogP contribution in [0.25, 0.3) is 22.3 Å². The Labute approximate surface area is 142 Å². The number of hydrogen-bond acceptors (Lipinski definition) is 5. The number of aliphatic carboxylic acids is 1. The standard InChI is InChI=1S/C18H13ClO5/c1-10(18(21)22)23-17-15(20)13-4-2-3-5-14(13)24-16(17)11-6-8-12(19)9-7-11/h2-10H,1H3,(H,21,22)/p-1. The van der Waals surface area contributed by atoms with Gasteiger partial charge in [0.2, 0.25) is 11.2 Å². The zero-order valence-electron chi connectivity index (χ0n) is 12.6. The Morgan fingerprint density at radius 3 is 2.50 bits per heavy atom. The van der Waals surface area contributed by atoms with E-state index >= 15 is 0 Å². The summed E-state index contributed by atoms with van der Waals surface area (Å²) >= 11 is 5.88. The summed E-state index contributed by atoms with van der Waals surface area (Å²) in [5, 5.41) is 11.8. The largest absolute Gasteiger partial charge is 0.546 e. The zero-order valence-corrected chi connectivity index (χ0v) is 13.4. The molecule has 0 amide bonds. The molecule has 0 aliphatic rings. The van der Waals surface area contributed by atoms with Crippen molar-refractivity contribution in [3.05, 3.63) is 63.8 Å². The lowest BCUT2D eigenvalue weighted by molar-refractivity contribution is -0.312. The third-order valence-electron chi connectivity index (χ3n) is 3.49. The number of halogens is 1. The molecule has 1 atom stereocenters. The van der Waals surface area contributed by atoms with Crippen LogP contribution < -0.4 is 15.3 Å². The van der Waals surface area contributed by atoms with Gasteiger partial charge in [-0.2, -0.15) is 0 Å². The third-order valence-corrected chi connectivity index (χ3v) is 3.74.